The van der Waals surface area contributed by atoms with E-state index in [4.69, 9.17) is 10.00 Å². The maximum Gasteiger partial charge on any atom is 0.416 e. The third-order valence-electron chi connectivity index (χ3n) is 4.50. The third kappa shape index (κ3) is 6.77. The zero-order chi connectivity index (χ0) is 23.0. The van der Waals surface area contributed by atoms with Gasteiger partial charge >= 0.3 is 12.2 Å². The Morgan fingerprint density at radius 2 is 1.66 bits per heavy atom. The van der Waals surface area contributed by atoms with Crippen LogP contribution in [0.25, 0.3) is 0 Å². The summed E-state index contributed by atoms with van der Waals surface area (Å²) in [6.45, 7) is 0.235. The number of nitrogens with one attached hydrogen (secondary N) is 2. The summed E-state index contributed by atoms with van der Waals surface area (Å²) in [7, 11) is 0. The molecule has 2 N–H and O–H groups in total. The number of rotatable bonds is 7. The highest BCUT2D eigenvalue weighted by Gasteiger charge is 2.30. The molecule has 8 heteroatoms. The molecule has 3 aromatic rings. The predicted molar refractivity (Wildman–Crippen MR) is 114 cm³/mol. The molecule has 0 aliphatic heterocycles. The molecule has 0 spiro atoms. The minimum atomic E-state index is -4.43. The number of carbonyl (C=O) groups excluding carboxylic acids is 1. The van der Waals surface area contributed by atoms with Crippen molar-refractivity contribution >= 4 is 11.7 Å². The van der Waals surface area contributed by atoms with E-state index in [1.807, 2.05) is 18.2 Å². The van der Waals surface area contributed by atoms with Crippen LogP contribution in [0.2, 0.25) is 0 Å². The molecule has 0 aliphatic carbocycles. The van der Waals surface area contributed by atoms with Gasteiger partial charge in [0.1, 0.15) is 12.4 Å². The molecule has 0 heterocycles. The highest BCUT2D eigenvalue weighted by atomic mass is 19.4. The molecule has 3 rings (SSSR count). The number of alkyl halides is 3. The summed E-state index contributed by atoms with van der Waals surface area (Å²) in [4.78, 5) is 12.1. The summed E-state index contributed by atoms with van der Waals surface area (Å²) in [6.07, 6.45) is -4.09. The number of nitrogens with zero attached hydrogens (tertiary/aromatic N) is 1. The molecule has 0 aliphatic rings. The average molecular weight is 439 g/mol. The Bertz CT molecular complexity index is 1110. The molecule has 164 valence electrons. The van der Waals surface area contributed by atoms with Crippen LogP contribution in [0.3, 0.4) is 0 Å². The number of hydrogen-bond acceptors (Lipinski definition) is 3. The van der Waals surface area contributed by atoms with E-state index in [9.17, 15) is 18.0 Å². The van der Waals surface area contributed by atoms with Crippen molar-refractivity contribution in [3.05, 3.63) is 95.1 Å². The molecule has 3 aromatic carbocycles. The zero-order valence-electron chi connectivity index (χ0n) is 16.9. The maximum atomic E-state index is 12.8. The van der Waals surface area contributed by atoms with Crippen LogP contribution in [0, 0.1) is 11.3 Å². The second-order valence-corrected chi connectivity index (χ2v) is 6.97. The minimum Gasteiger partial charge on any atom is -0.489 e. The van der Waals surface area contributed by atoms with Crippen molar-refractivity contribution in [1.82, 2.24) is 5.32 Å². The number of amides is 2. The molecular formula is C24H20F3N3O2. The zero-order valence-corrected chi connectivity index (χ0v) is 16.9. The molecule has 0 fully saturated rings. The second-order valence-electron chi connectivity index (χ2n) is 6.97. The molecular weight excluding hydrogens is 419 g/mol. The van der Waals surface area contributed by atoms with Crippen LogP contribution in [0.1, 0.15) is 22.3 Å². The van der Waals surface area contributed by atoms with E-state index in [1.165, 1.54) is 12.1 Å². The van der Waals surface area contributed by atoms with Crippen molar-refractivity contribution in [2.45, 2.75) is 25.7 Å². The number of hydrogen-bond donors (Lipinski definition) is 2. The number of carbonyl (C=O) groups is 1. The Labute approximate surface area is 183 Å². The Kier molecular flexibility index (Phi) is 7.34. The number of nitriles is 1. The Morgan fingerprint density at radius 3 is 2.38 bits per heavy atom. The maximum absolute atomic E-state index is 12.8. The highest BCUT2D eigenvalue weighted by Crippen LogP contribution is 2.29. The number of halogens is 3. The normalized spacial score (nSPS) is 10.8. The van der Waals surface area contributed by atoms with E-state index in [2.05, 4.69) is 16.7 Å². The van der Waals surface area contributed by atoms with E-state index in [0.29, 0.717) is 23.4 Å². The number of ether oxygens (including phenoxy) is 1. The van der Waals surface area contributed by atoms with Gasteiger partial charge in [0.15, 0.2) is 0 Å². The molecule has 0 unspecified atom stereocenters. The molecule has 0 bridgehead atoms. The van der Waals surface area contributed by atoms with Gasteiger partial charge in [-0.3, -0.25) is 0 Å². The van der Waals surface area contributed by atoms with Gasteiger partial charge in [-0.15, -0.1) is 0 Å². The lowest BCUT2D eigenvalue weighted by Gasteiger charge is -2.11. The van der Waals surface area contributed by atoms with Crippen LogP contribution in [0.5, 0.6) is 5.75 Å². The second kappa shape index (κ2) is 10.4. The first kappa shape index (κ1) is 22.7. The monoisotopic (exact) mass is 439 g/mol. The topological polar surface area (TPSA) is 74.1 Å². The largest absolute Gasteiger partial charge is 0.489 e. The number of urea groups is 1. The summed E-state index contributed by atoms with van der Waals surface area (Å²) < 4.78 is 44.1. The summed E-state index contributed by atoms with van der Waals surface area (Å²) >= 11 is 0. The van der Waals surface area contributed by atoms with Crippen LogP contribution in [0.15, 0.2) is 72.8 Å². The van der Waals surface area contributed by atoms with Gasteiger partial charge in [0.25, 0.3) is 0 Å². The van der Waals surface area contributed by atoms with E-state index < -0.39 is 17.8 Å². The molecule has 0 saturated carbocycles. The number of benzene rings is 3. The van der Waals surface area contributed by atoms with E-state index in [1.54, 1.807) is 30.3 Å². The molecule has 0 saturated heterocycles. The quantitative estimate of drug-likeness (QED) is 0.498. The Hall–Kier alpha value is -3.99. The van der Waals surface area contributed by atoms with Crippen LogP contribution >= 0.6 is 0 Å². The van der Waals surface area contributed by atoms with E-state index >= 15 is 0 Å². The third-order valence-corrected chi connectivity index (χ3v) is 4.50. The average Bonchev–Trinajstić information content (AvgIpc) is 2.77. The fourth-order valence-corrected chi connectivity index (χ4v) is 2.92. The van der Waals surface area contributed by atoms with Gasteiger partial charge in [0, 0.05) is 12.2 Å². The minimum absolute atomic E-state index is 0.0413. The first-order chi connectivity index (χ1) is 15.3. The fraction of sp³-hybridized carbons (Fsp3) is 0.167. The number of anilines is 1. The van der Waals surface area contributed by atoms with Crippen LogP contribution in [-0.4, -0.2) is 6.03 Å². The van der Waals surface area contributed by atoms with Crippen LogP contribution < -0.4 is 15.4 Å². The Balaban J connectivity index is 1.52. The smallest absolute Gasteiger partial charge is 0.416 e. The van der Waals surface area contributed by atoms with E-state index in [-0.39, 0.29) is 13.2 Å². The van der Waals surface area contributed by atoms with Gasteiger partial charge in [-0.05, 0) is 53.1 Å². The predicted octanol–water partition coefficient (Wildman–Crippen LogP) is 5.67. The first-order valence-electron chi connectivity index (χ1n) is 9.72. The van der Waals surface area contributed by atoms with Crippen LogP contribution in [0.4, 0.5) is 23.7 Å². The van der Waals surface area contributed by atoms with Gasteiger partial charge in [0.05, 0.1) is 18.1 Å². The highest BCUT2D eigenvalue weighted by molar-refractivity contribution is 5.89. The lowest BCUT2D eigenvalue weighted by Crippen LogP contribution is -2.28. The SMILES string of the molecule is N#CCc1ccc(OCc2cccc(NC(=O)NCc3cccc(C(F)(F)F)c3)c2)cc1. The van der Waals surface area contributed by atoms with Crippen molar-refractivity contribution in [3.63, 3.8) is 0 Å². The van der Waals surface area contributed by atoms with Gasteiger partial charge in [-0.1, -0.05) is 36.4 Å². The van der Waals surface area contributed by atoms with Crippen molar-refractivity contribution in [3.8, 4) is 11.8 Å². The van der Waals surface area contributed by atoms with Crippen molar-refractivity contribution < 1.29 is 22.7 Å². The summed E-state index contributed by atoms with van der Waals surface area (Å²) in [5.41, 5.74) is 1.84. The molecule has 2 amide bonds. The van der Waals surface area contributed by atoms with Gasteiger partial charge in [-0.25, -0.2) is 4.79 Å². The van der Waals surface area contributed by atoms with Crippen molar-refractivity contribution in [2.75, 3.05) is 5.32 Å². The molecule has 5 nitrogen and oxygen atoms in total. The molecule has 0 radical (unpaired) electrons. The van der Waals surface area contributed by atoms with Gasteiger partial charge in [-0.2, -0.15) is 18.4 Å². The van der Waals surface area contributed by atoms with E-state index in [0.717, 1.165) is 23.3 Å². The van der Waals surface area contributed by atoms with Crippen molar-refractivity contribution in [1.29, 1.82) is 5.26 Å². The molecule has 32 heavy (non-hydrogen) atoms. The molecule has 0 aromatic heterocycles. The summed E-state index contributed by atoms with van der Waals surface area (Å²) in [6, 6.07) is 20.6. The standard InChI is InChI=1S/C24H20F3N3O2/c25-24(26,27)20-5-1-3-18(13-20)15-29-23(31)30-21-6-2-4-19(14-21)16-32-22-9-7-17(8-10-22)11-12-28/h1-10,13-14H,11,15-16H2,(H2,29,30,31). The van der Waals surface area contributed by atoms with Crippen LogP contribution in [-0.2, 0) is 25.7 Å². The molecule has 0 atom stereocenters. The van der Waals surface area contributed by atoms with Gasteiger partial charge in [0.2, 0.25) is 0 Å². The fourth-order valence-electron chi connectivity index (χ4n) is 2.92. The lowest BCUT2D eigenvalue weighted by molar-refractivity contribution is -0.137. The first-order valence-corrected chi connectivity index (χ1v) is 9.72. The summed E-state index contributed by atoms with van der Waals surface area (Å²) in [5.74, 6) is 0.656. The van der Waals surface area contributed by atoms with Gasteiger partial charge < -0.3 is 15.4 Å². The van der Waals surface area contributed by atoms with Crippen molar-refractivity contribution in [2.24, 2.45) is 0 Å². The lowest BCUT2D eigenvalue weighted by atomic mass is 10.1. The summed E-state index contributed by atoms with van der Waals surface area (Å²) in [5, 5.41) is 13.9. The Morgan fingerprint density at radius 1 is 0.938 bits per heavy atom.